The molecule has 1 saturated carbocycles. The summed E-state index contributed by atoms with van der Waals surface area (Å²) in [6, 6.07) is 0. The van der Waals surface area contributed by atoms with Gasteiger partial charge in [0.1, 0.15) is 0 Å². The summed E-state index contributed by atoms with van der Waals surface area (Å²) in [6.45, 7) is 6.25. The van der Waals surface area contributed by atoms with Crippen LogP contribution in [-0.2, 0) is 9.53 Å². The first kappa shape index (κ1) is 14.5. The summed E-state index contributed by atoms with van der Waals surface area (Å²) in [4.78, 5) is 11.6. The number of esters is 1. The first-order valence-electron chi connectivity index (χ1n) is 6.71. The van der Waals surface area contributed by atoms with Crippen LogP contribution in [0.4, 0.5) is 0 Å². The summed E-state index contributed by atoms with van der Waals surface area (Å²) in [6.07, 6.45) is 4.60. The van der Waals surface area contributed by atoms with E-state index in [1.54, 1.807) is 6.92 Å². The summed E-state index contributed by atoms with van der Waals surface area (Å²) in [5.74, 6) is 0.619. The molecule has 0 bridgehead atoms. The van der Waals surface area contributed by atoms with Crippen molar-refractivity contribution in [3.8, 4) is 0 Å². The Balaban J connectivity index is 2.68. The molecule has 3 nitrogen and oxygen atoms in total. The Hall–Kier alpha value is -0.570. The molecule has 3 heteroatoms. The van der Waals surface area contributed by atoms with Crippen LogP contribution < -0.4 is 0 Å². The van der Waals surface area contributed by atoms with Gasteiger partial charge in [0.25, 0.3) is 0 Å². The van der Waals surface area contributed by atoms with E-state index in [-0.39, 0.29) is 5.97 Å². The van der Waals surface area contributed by atoms with Crippen LogP contribution in [-0.4, -0.2) is 23.8 Å². The second-order valence-electron chi connectivity index (χ2n) is 5.78. The zero-order valence-corrected chi connectivity index (χ0v) is 11.5. The van der Waals surface area contributed by atoms with Crippen LogP contribution in [0, 0.1) is 17.8 Å². The quantitative estimate of drug-likeness (QED) is 0.611. The van der Waals surface area contributed by atoms with Gasteiger partial charge in [0.2, 0.25) is 0 Å². The summed E-state index contributed by atoms with van der Waals surface area (Å²) < 4.78 is 4.75. The number of carbonyl (C=O) groups is 1. The van der Waals surface area contributed by atoms with E-state index in [0.717, 1.165) is 19.3 Å². The number of carbonyl (C=O) groups excluding carboxylic acids is 1. The van der Waals surface area contributed by atoms with Crippen molar-refractivity contribution in [3.05, 3.63) is 0 Å². The minimum Gasteiger partial charge on any atom is -0.469 e. The second-order valence-corrected chi connectivity index (χ2v) is 5.78. The van der Waals surface area contributed by atoms with Crippen molar-refractivity contribution in [2.24, 2.45) is 17.8 Å². The maximum atomic E-state index is 11.6. The van der Waals surface area contributed by atoms with Gasteiger partial charge in [-0.25, -0.2) is 0 Å². The molecular formula is C14H26O3. The van der Waals surface area contributed by atoms with Crippen LogP contribution >= 0.6 is 0 Å². The van der Waals surface area contributed by atoms with Crippen molar-refractivity contribution in [3.63, 3.8) is 0 Å². The van der Waals surface area contributed by atoms with Crippen molar-refractivity contribution in [2.45, 2.75) is 58.5 Å². The smallest absolute Gasteiger partial charge is 0.311 e. The number of aliphatic hydroxyl groups is 1. The van der Waals surface area contributed by atoms with Crippen LogP contribution in [0.15, 0.2) is 0 Å². The molecule has 0 aliphatic heterocycles. The molecule has 3 atom stereocenters. The Kier molecular flexibility index (Phi) is 4.99. The van der Waals surface area contributed by atoms with Crippen molar-refractivity contribution < 1.29 is 14.6 Å². The van der Waals surface area contributed by atoms with Crippen molar-refractivity contribution in [1.82, 2.24) is 0 Å². The third-order valence-electron chi connectivity index (χ3n) is 4.44. The van der Waals surface area contributed by atoms with Crippen LogP contribution in [0.3, 0.4) is 0 Å². The second kappa shape index (κ2) is 5.85. The van der Waals surface area contributed by atoms with Gasteiger partial charge in [0, 0.05) is 0 Å². The highest BCUT2D eigenvalue weighted by molar-refractivity contribution is 5.73. The normalized spacial score (nSPS) is 32.0. The lowest BCUT2D eigenvalue weighted by Crippen LogP contribution is -2.41. The molecule has 1 fully saturated rings. The molecule has 0 saturated heterocycles. The van der Waals surface area contributed by atoms with Gasteiger partial charge in [-0.15, -0.1) is 0 Å². The molecule has 0 radical (unpaired) electrons. The zero-order valence-electron chi connectivity index (χ0n) is 11.5. The number of hydrogen-bond acceptors (Lipinski definition) is 3. The molecule has 0 heterocycles. The Bertz CT molecular complexity index is 262. The molecule has 1 rings (SSSR count). The van der Waals surface area contributed by atoms with Gasteiger partial charge in [-0.1, -0.05) is 26.7 Å². The Morgan fingerprint density at radius 3 is 2.47 bits per heavy atom. The third kappa shape index (κ3) is 3.44. The van der Waals surface area contributed by atoms with Crippen LogP contribution in [0.2, 0.25) is 0 Å². The highest BCUT2D eigenvalue weighted by Gasteiger charge is 2.40. The minimum atomic E-state index is -0.864. The van der Waals surface area contributed by atoms with E-state index in [9.17, 15) is 9.90 Å². The van der Waals surface area contributed by atoms with Gasteiger partial charge in [-0.05, 0) is 38.0 Å². The SMILES string of the molecule is COC(=O)C(C)C1(O)CCCC(C(C)C)CC1. The van der Waals surface area contributed by atoms with Gasteiger partial charge in [0.15, 0.2) is 0 Å². The molecule has 0 aromatic heterocycles. The lowest BCUT2D eigenvalue weighted by Gasteiger charge is -2.31. The highest BCUT2D eigenvalue weighted by atomic mass is 16.5. The molecule has 0 aromatic carbocycles. The van der Waals surface area contributed by atoms with Crippen LogP contribution in [0.1, 0.15) is 52.9 Å². The van der Waals surface area contributed by atoms with Gasteiger partial charge in [0.05, 0.1) is 18.6 Å². The van der Waals surface area contributed by atoms with Gasteiger partial charge < -0.3 is 9.84 Å². The van der Waals surface area contributed by atoms with Crippen molar-refractivity contribution in [1.29, 1.82) is 0 Å². The standard InChI is InChI=1S/C14H26O3/c1-10(2)12-6-5-8-14(16,9-7-12)11(3)13(15)17-4/h10-12,16H,5-9H2,1-4H3. The fourth-order valence-electron chi connectivity index (χ4n) is 2.87. The summed E-state index contributed by atoms with van der Waals surface area (Å²) in [5, 5.41) is 10.6. The van der Waals surface area contributed by atoms with Gasteiger partial charge >= 0.3 is 5.97 Å². The maximum Gasteiger partial charge on any atom is 0.311 e. The Morgan fingerprint density at radius 2 is 1.94 bits per heavy atom. The summed E-state index contributed by atoms with van der Waals surface area (Å²) in [5.41, 5.74) is -0.864. The summed E-state index contributed by atoms with van der Waals surface area (Å²) >= 11 is 0. The van der Waals surface area contributed by atoms with E-state index in [1.165, 1.54) is 7.11 Å². The van der Waals surface area contributed by atoms with E-state index >= 15 is 0 Å². The first-order valence-corrected chi connectivity index (χ1v) is 6.71. The fraction of sp³-hybridized carbons (Fsp3) is 0.929. The monoisotopic (exact) mass is 242 g/mol. The molecule has 1 aliphatic rings. The van der Waals surface area contributed by atoms with Gasteiger partial charge in [-0.3, -0.25) is 4.79 Å². The minimum absolute atomic E-state index is 0.296. The van der Waals surface area contributed by atoms with Gasteiger partial charge in [-0.2, -0.15) is 0 Å². The number of rotatable bonds is 3. The van der Waals surface area contributed by atoms with E-state index in [2.05, 4.69) is 13.8 Å². The predicted molar refractivity (Wildman–Crippen MR) is 67.5 cm³/mol. The first-order chi connectivity index (χ1) is 7.90. The number of methoxy groups -OCH3 is 1. The number of hydrogen-bond donors (Lipinski definition) is 1. The molecule has 1 N–H and O–H groups in total. The lowest BCUT2D eigenvalue weighted by atomic mass is 9.81. The molecule has 0 aromatic rings. The summed E-state index contributed by atoms with van der Waals surface area (Å²) in [7, 11) is 1.38. The molecule has 0 amide bonds. The van der Waals surface area contributed by atoms with E-state index in [1.807, 2.05) is 0 Å². The molecule has 100 valence electrons. The Morgan fingerprint density at radius 1 is 1.29 bits per heavy atom. The molecule has 0 spiro atoms. The zero-order chi connectivity index (χ0) is 13.1. The van der Waals surface area contributed by atoms with E-state index in [0.29, 0.717) is 24.7 Å². The average Bonchev–Trinajstić information content (AvgIpc) is 2.50. The van der Waals surface area contributed by atoms with Crippen molar-refractivity contribution in [2.75, 3.05) is 7.11 Å². The number of ether oxygens (including phenoxy) is 1. The molecule has 17 heavy (non-hydrogen) atoms. The van der Waals surface area contributed by atoms with Crippen LogP contribution in [0.25, 0.3) is 0 Å². The largest absolute Gasteiger partial charge is 0.469 e. The maximum absolute atomic E-state index is 11.6. The predicted octanol–water partition coefficient (Wildman–Crippen LogP) is 2.76. The van der Waals surface area contributed by atoms with E-state index in [4.69, 9.17) is 4.74 Å². The molecule has 1 aliphatic carbocycles. The van der Waals surface area contributed by atoms with Crippen molar-refractivity contribution >= 4 is 5.97 Å². The Labute approximate surface area is 105 Å². The molecule has 3 unspecified atom stereocenters. The van der Waals surface area contributed by atoms with E-state index < -0.39 is 11.5 Å². The third-order valence-corrected chi connectivity index (χ3v) is 4.44. The topological polar surface area (TPSA) is 46.5 Å². The lowest BCUT2D eigenvalue weighted by molar-refractivity contribution is -0.155. The average molecular weight is 242 g/mol. The molecular weight excluding hydrogens is 216 g/mol. The van der Waals surface area contributed by atoms with Crippen LogP contribution in [0.5, 0.6) is 0 Å². The fourth-order valence-corrected chi connectivity index (χ4v) is 2.87. The highest BCUT2D eigenvalue weighted by Crippen LogP contribution is 2.38.